The minimum absolute atomic E-state index is 0.128. The van der Waals surface area contributed by atoms with Crippen molar-refractivity contribution < 1.29 is 4.79 Å². The third kappa shape index (κ3) is 5.48. The van der Waals surface area contributed by atoms with E-state index >= 15 is 0 Å². The summed E-state index contributed by atoms with van der Waals surface area (Å²) in [7, 11) is 0. The SMILES string of the molecule is CCc1c(N2CCCC(N)C2C)cnc(C(N)=O)c1Nc1ccc(C2CCN(C3CCCC3)CC2)cc1. The topological polar surface area (TPSA) is 101 Å². The lowest BCUT2D eigenvalue weighted by Gasteiger charge is -2.40. The molecular formula is C30H44N6O. The molecule has 2 unspecified atom stereocenters. The van der Waals surface area contributed by atoms with Gasteiger partial charge in [0.2, 0.25) is 0 Å². The summed E-state index contributed by atoms with van der Waals surface area (Å²) in [6.45, 7) is 7.66. The standard InChI is InChI=1S/C30H44N6O/c1-3-25-27(36-16-6-9-26(31)20(36)2)19-33-29(30(32)37)28(25)34-23-12-10-21(11-13-23)22-14-17-35(18-15-22)24-7-4-5-8-24/h10-13,19-20,22,24,26,34H,3-9,14-18,31H2,1-2H3,(H2,32,37). The van der Waals surface area contributed by atoms with E-state index in [0.29, 0.717) is 5.92 Å². The summed E-state index contributed by atoms with van der Waals surface area (Å²) in [6.07, 6.45) is 12.7. The molecule has 3 heterocycles. The molecule has 0 spiro atoms. The number of rotatable bonds is 7. The van der Waals surface area contributed by atoms with Gasteiger partial charge in [0.1, 0.15) is 0 Å². The number of nitrogens with one attached hydrogen (secondary N) is 1. The normalized spacial score (nSPS) is 23.9. The zero-order chi connectivity index (χ0) is 25.9. The number of amides is 1. The minimum atomic E-state index is -0.516. The number of hydrogen-bond donors (Lipinski definition) is 3. The van der Waals surface area contributed by atoms with Crippen LogP contribution in [0.2, 0.25) is 0 Å². The molecule has 0 radical (unpaired) electrons. The fourth-order valence-corrected chi connectivity index (χ4v) is 6.83. The van der Waals surface area contributed by atoms with Crippen molar-refractivity contribution in [3.63, 3.8) is 0 Å². The molecule has 1 aromatic heterocycles. The Hall–Kier alpha value is -2.64. The van der Waals surface area contributed by atoms with Gasteiger partial charge in [0, 0.05) is 35.9 Å². The average Bonchev–Trinajstić information content (AvgIpc) is 3.46. The Kier molecular flexibility index (Phi) is 8.01. The van der Waals surface area contributed by atoms with E-state index in [0.717, 1.165) is 54.5 Å². The number of primary amides is 1. The summed E-state index contributed by atoms with van der Waals surface area (Å²) < 4.78 is 0. The Morgan fingerprint density at radius 2 is 1.73 bits per heavy atom. The maximum absolute atomic E-state index is 12.3. The summed E-state index contributed by atoms with van der Waals surface area (Å²) in [4.78, 5) is 21.9. The minimum Gasteiger partial charge on any atom is -0.366 e. The third-order valence-electron chi connectivity index (χ3n) is 9.13. The number of likely N-dealkylation sites (tertiary alicyclic amines) is 1. The van der Waals surface area contributed by atoms with E-state index in [1.165, 1.54) is 57.2 Å². The van der Waals surface area contributed by atoms with Crippen molar-refractivity contribution in [1.82, 2.24) is 9.88 Å². The fraction of sp³-hybridized carbons (Fsp3) is 0.600. The van der Waals surface area contributed by atoms with Crippen LogP contribution in [-0.4, -0.2) is 53.6 Å². The van der Waals surface area contributed by atoms with Gasteiger partial charge < -0.3 is 26.6 Å². The molecule has 1 aromatic carbocycles. The summed E-state index contributed by atoms with van der Waals surface area (Å²) in [5.41, 5.74) is 17.6. The van der Waals surface area contributed by atoms with Crippen molar-refractivity contribution in [2.45, 2.75) is 95.7 Å². The second-order valence-electron chi connectivity index (χ2n) is 11.3. The number of aromatic nitrogens is 1. The number of carbonyl (C=O) groups is 1. The molecule has 0 bridgehead atoms. The highest BCUT2D eigenvalue weighted by molar-refractivity contribution is 5.99. The van der Waals surface area contributed by atoms with E-state index in [9.17, 15) is 4.79 Å². The van der Waals surface area contributed by atoms with E-state index in [2.05, 4.69) is 58.2 Å². The predicted octanol–water partition coefficient (Wildman–Crippen LogP) is 4.92. The van der Waals surface area contributed by atoms with Crippen LogP contribution in [0.25, 0.3) is 0 Å². The molecule has 1 aliphatic carbocycles. The fourth-order valence-electron chi connectivity index (χ4n) is 6.83. The number of carbonyl (C=O) groups excluding carboxylic acids is 1. The molecule has 37 heavy (non-hydrogen) atoms. The highest BCUT2D eigenvalue weighted by Gasteiger charge is 2.30. The van der Waals surface area contributed by atoms with E-state index in [1.807, 2.05) is 0 Å². The molecule has 200 valence electrons. The average molecular weight is 505 g/mol. The Bertz CT molecular complexity index is 1070. The summed E-state index contributed by atoms with van der Waals surface area (Å²) in [5, 5.41) is 3.52. The molecule has 3 aliphatic rings. The van der Waals surface area contributed by atoms with Gasteiger partial charge in [-0.15, -0.1) is 0 Å². The highest BCUT2D eigenvalue weighted by Crippen LogP contribution is 2.36. The quantitative estimate of drug-likeness (QED) is 0.495. The second kappa shape index (κ2) is 11.4. The lowest BCUT2D eigenvalue weighted by Crippen LogP contribution is -2.50. The molecule has 5 rings (SSSR count). The molecule has 1 amide bonds. The zero-order valence-corrected chi connectivity index (χ0v) is 22.6. The highest BCUT2D eigenvalue weighted by atomic mass is 16.1. The molecule has 2 saturated heterocycles. The van der Waals surface area contributed by atoms with E-state index in [4.69, 9.17) is 11.5 Å². The maximum Gasteiger partial charge on any atom is 0.269 e. The van der Waals surface area contributed by atoms with Crippen LogP contribution in [0.1, 0.15) is 92.7 Å². The number of anilines is 3. The van der Waals surface area contributed by atoms with Crippen LogP contribution in [0.3, 0.4) is 0 Å². The van der Waals surface area contributed by atoms with Crippen molar-refractivity contribution in [2.75, 3.05) is 29.9 Å². The Morgan fingerprint density at radius 1 is 1.03 bits per heavy atom. The van der Waals surface area contributed by atoms with Crippen LogP contribution in [0.4, 0.5) is 17.1 Å². The van der Waals surface area contributed by atoms with Gasteiger partial charge in [-0.2, -0.15) is 0 Å². The van der Waals surface area contributed by atoms with Gasteiger partial charge in [-0.3, -0.25) is 4.79 Å². The molecular weight excluding hydrogens is 460 g/mol. The van der Waals surface area contributed by atoms with Crippen molar-refractivity contribution in [2.24, 2.45) is 11.5 Å². The molecule has 5 N–H and O–H groups in total. The number of piperidine rings is 2. The van der Waals surface area contributed by atoms with Crippen molar-refractivity contribution in [1.29, 1.82) is 0 Å². The summed E-state index contributed by atoms with van der Waals surface area (Å²) >= 11 is 0. The number of nitrogens with two attached hydrogens (primary N) is 2. The number of hydrogen-bond acceptors (Lipinski definition) is 6. The molecule has 2 atom stereocenters. The first kappa shape index (κ1) is 26.0. The van der Waals surface area contributed by atoms with Gasteiger partial charge in [0.05, 0.1) is 17.6 Å². The summed E-state index contributed by atoms with van der Waals surface area (Å²) in [6, 6.07) is 9.93. The number of nitrogens with zero attached hydrogens (tertiary/aromatic N) is 3. The van der Waals surface area contributed by atoms with Crippen LogP contribution < -0.4 is 21.7 Å². The Labute approximate surface area is 222 Å². The van der Waals surface area contributed by atoms with Gasteiger partial charge >= 0.3 is 0 Å². The largest absolute Gasteiger partial charge is 0.366 e. The molecule has 2 aliphatic heterocycles. The summed E-state index contributed by atoms with van der Waals surface area (Å²) in [5.74, 6) is 0.103. The number of benzene rings is 1. The Balaban J connectivity index is 1.34. The molecule has 7 nitrogen and oxygen atoms in total. The van der Waals surface area contributed by atoms with Crippen LogP contribution in [0, 0.1) is 0 Å². The zero-order valence-electron chi connectivity index (χ0n) is 22.6. The van der Waals surface area contributed by atoms with Gasteiger partial charge in [-0.05, 0) is 88.6 Å². The van der Waals surface area contributed by atoms with Gasteiger partial charge in [-0.1, -0.05) is 31.9 Å². The van der Waals surface area contributed by atoms with E-state index in [1.54, 1.807) is 6.20 Å². The van der Waals surface area contributed by atoms with Crippen LogP contribution >= 0.6 is 0 Å². The molecule has 2 aromatic rings. The lowest BCUT2D eigenvalue weighted by molar-refractivity contribution is 0.0996. The molecule has 3 fully saturated rings. The van der Waals surface area contributed by atoms with Crippen LogP contribution in [0.5, 0.6) is 0 Å². The number of pyridine rings is 1. The second-order valence-corrected chi connectivity index (χ2v) is 11.3. The molecule has 1 saturated carbocycles. The third-order valence-corrected chi connectivity index (χ3v) is 9.13. The first-order valence-corrected chi connectivity index (χ1v) is 14.4. The molecule has 7 heteroatoms. The predicted molar refractivity (Wildman–Crippen MR) is 152 cm³/mol. The van der Waals surface area contributed by atoms with Crippen molar-refractivity contribution in [3.05, 3.63) is 47.3 Å². The Morgan fingerprint density at radius 3 is 2.38 bits per heavy atom. The smallest absolute Gasteiger partial charge is 0.269 e. The maximum atomic E-state index is 12.3. The van der Waals surface area contributed by atoms with Gasteiger partial charge in [0.15, 0.2) is 5.69 Å². The van der Waals surface area contributed by atoms with E-state index < -0.39 is 5.91 Å². The van der Waals surface area contributed by atoms with Crippen LogP contribution in [0.15, 0.2) is 30.5 Å². The van der Waals surface area contributed by atoms with Crippen molar-refractivity contribution in [3.8, 4) is 0 Å². The lowest BCUT2D eigenvalue weighted by atomic mass is 9.88. The van der Waals surface area contributed by atoms with Gasteiger partial charge in [-0.25, -0.2) is 4.98 Å². The first-order valence-electron chi connectivity index (χ1n) is 14.4. The first-order chi connectivity index (χ1) is 18.0. The van der Waals surface area contributed by atoms with Crippen LogP contribution in [-0.2, 0) is 6.42 Å². The van der Waals surface area contributed by atoms with Crippen molar-refractivity contribution >= 4 is 23.0 Å². The van der Waals surface area contributed by atoms with Gasteiger partial charge in [0.25, 0.3) is 5.91 Å². The monoisotopic (exact) mass is 504 g/mol. The van der Waals surface area contributed by atoms with E-state index in [-0.39, 0.29) is 17.8 Å².